The van der Waals surface area contributed by atoms with Crippen molar-refractivity contribution in [2.45, 2.75) is 18.2 Å². The highest BCUT2D eigenvalue weighted by Crippen LogP contribution is 2.25. The Morgan fingerprint density at radius 2 is 2.15 bits per heavy atom. The molecule has 2 heterocycles. The number of rotatable bonds is 7. The number of thioether (sulfide) groups is 1. The molecule has 3 rings (SSSR count). The molecule has 1 unspecified atom stereocenters. The molecule has 0 aliphatic carbocycles. The summed E-state index contributed by atoms with van der Waals surface area (Å²) in [7, 11) is 0. The van der Waals surface area contributed by atoms with Crippen molar-refractivity contribution in [2.24, 2.45) is 0 Å². The predicted molar refractivity (Wildman–Crippen MR) is 102 cm³/mol. The van der Waals surface area contributed by atoms with E-state index in [-0.39, 0.29) is 12.4 Å². The molecule has 0 radical (unpaired) electrons. The van der Waals surface area contributed by atoms with E-state index in [2.05, 4.69) is 10.2 Å². The molecule has 2 aromatic heterocycles. The van der Waals surface area contributed by atoms with Crippen molar-refractivity contribution in [3.05, 3.63) is 52.1 Å². The molecule has 0 bridgehead atoms. The summed E-state index contributed by atoms with van der Waals surface area (Å²) in [6.07, 6.45) is 0.935. The number of carbonyl (C=O) groups is 1. The number of benzene rings is 1. The summed E-state index contributed by atoms with van der Waals surface area (Å²) in [4.78, 5) is 11.4. The maximum absolute atomic E-state index is 11.4. The van der Waals surface area contributed by atoms with Gasteiger partial charge in [-0.05, 0) is 25.1 Å². The Labute approximate surface area is 164 Å². The molecule has 0 fully saturated rings. The summed E-state index contributed by atoms with van der Waals surface area (Å²) in [5.74, 6) is 0.841. The fourth-order valence-electron chi connectivity index (χ4n) is 2.22. The van der Waals surface area contributed by atoms with Gasteiger partial charge in [-0.3, -0.25) is 9.20 Å². The number of pyridine rings is 1. The smallest absolute Gasteiger partial charge is 0.195 e. The minimum absolute atomic E-state index is 0.0393. The first-order chi connectivity index (χ1) is 12.4. The molecule has 6 nitrogen and oxygen atoms in total. The molecule has 9 heteroatoms. The average Bonchev–Trinajstić information content (AvgIpc) is 3.01. The molecule has 1 N–H and O–H groups in total. The summed E-state index contributed by atoms with van der Waals surface area (Å²) in [6, 6.07) is 8.44. The molecule has 26 heavy (non-hydrogen) atoms. The maximum atomic E-state index is 11.4. The van der Waals surface area contributed by atoms with Crippen LogP contribution in [0.5, 0.6) is 5.75 Å². The lowest BCUT2D eigenvalue weighted by Crippen LogP contribution is -2.20. The Morgan fingerprint density at radius 1 is 1.35 bits per heavy atom. The fraction of sp³-hybridized carbons (Fsp3) is 0.235. The quantitative estimate of drug-likeness (QED) is 0.470. The van der Waals surface area contributed by atoms with Crippen LogP contribution in [-0.4, -0.2) is 44.0 Å². The Kier molecular flexibility index (Phi) is 6.03. The van der Waals surface area contributed by atoms with E-state index in [4.69, 9.17) is 27.9 Å². The van der Waals surface area contributed by atoms with Gasteiger partial charge in [-0.2, -0.15) is 0 Å². The van der Waals surface area contributed by atoms with Crippen LogP contribution < -0.4 is 4.74 Å². The highest BCUT2D eigenvalue weighted by atomic mass is 35.5. The van der Waals surface area contributed by atoms with E-state index in [1.807, 2.05) is 0 Å². The van der Waals surface area contributed by atoms with Crippen LogP contribution in [0, 0.1) is 0 Å². The van der Waals surface area contributed by atoms with Gasteiger partial charge in [-0.1, -0.05) is 47.1 Å². The van der Waals surface area contributed by atoms with Crippen molar-refractivity contribution in [1.29, 1.82) is 0 Å². The molecule has 0 aliphatic heterocycles. The van der Waals surface area contributed by atoms with Crippen molar-refractivity contribution in [2.75, 3.05) is 12.4 Å². The zero-order valence-corrected chi connectivity index (χ0v) is 16.1. The van der Waals surface area contributed by atoms with Gasteiger partial charge in [0.15, 0.2) is 16.6 Å². The second kappa shape index (κ2) is 8.26. The van der Waals surface area contributed by atoms with E-state index >= 15 is 0 Å². The number of nitrogens with zero attached hydrogens (tertiary/aromatic N) is 3. The van der Waals surface area contributed by atoms with Crippen molar-refractivity contribution >= 4 is 46.4 Å². The zero-order valence-electron chi connectivity index (χ0n) is 13.7. The van der Waals surface area contributed by atoms with Crippen molar-refractivity contribution in [1.82, 2.24) is 14.6 Å². The predicted octanol–water partition coefficient (Wildman–Crippen LogP) is 3.77. The van der Waals surface area contributed by atoms with Gasteiger partial charge in [0.2, 0.25) is 0 Å². The molecular formula is C17H15Cl2N3O3S. The molecule has 136 valence electrons. The van der Waals surface area contributed by atoms with Crippen LogP contribution in [0.1, 0.15) is 17.3 Å². The van der Waals surface area contributed by atoms with Gasteiger partial charge in [0.25, 0.3) is 0 Å². The molecule has 0 aliphatic rings. The number of halogens is 2. The number of hydrogen-bond donors (Lipinski definition) is 1. The van der Waals surface area contributed by atoms with Crippen LogP contribution in [0.4, 0.5) is 0 Å². The molecular weight excluding hydrogens is 397 g/mol. The van der Waals surface area contributed by atoms with E-state index in [0.29, 0.717) is 37.9 Å². The van der Waals surface area contributed by atoms with Crippen LogP contribution in [0.3, 0.4) is 0 Å². The highest BCUT2D eigenvalue weighted by molar-refractivity contribution is 7.99. The lowest BCUT2D eigenvalue weighted by atomic mass is 10.1. The van der Waals surface area contributed by atoms with Crippen molar-refractivity contribution in [3.8, 4) is 5.75 Å². The Hall–Kier alpha value is -1.80. The highest BCUT2D eigenvalue weighted by Gasteiger charge is 2.13. The first-order valence-corrected chi connectivity index (χ1v) is 9.42. The SMILES string of the molecule is CC(=O)c1cccc(OCC(O)CSc2nnc3c(Cl)cc(Cl)cn23)c1. The van der Waals surface area contributed by atoms with E-state index in [1.54, 1.807) is 40.9 Å². The topological polar surface area (TPSA) is 76.7 Å². The van der Waals surface area contributed by atoms with Crippen LogP contribution in [0.2, 0.25) is 10.0 Å². The Morgan fingerprint density at radius 3 is 2.92 bits per heavy atom. The number of hydrogen-bond acceptors (Lipinski definition) is 6. The summed E-state index contributed by atoms with van der Waals surface area (Å²) < 4.78 is 7.23. The number of aliphatic hydroxyl groups excluding tert-OH is 1. The lowest BCUT2D eigenvalue weighted by molar-refractivity contribution is 0.101. The number of Topliss-reactive ketones (excluding diaryl/α,β-unsaturated/α-hetero) is 1. The molecule has 0 saturated heterocycles. The van der Waals surface area contributed by atoms with Gasteiger partial charge in [0.05, 0.1) is 16.1 Å². The van der Waals surface area contributed by atoms with Gasteiger partial charge >= 0.3 is 0 Å². The van der Waals surface area contributed by atoms with Gasteiger partial charge in [-0.15, -0.1) is 10.2 Å². The van der Waals surface area contributed by atoms with Crippen LogP contribution >= 0.6 is 35.0 Å². The van der Waals surface area contributed by atoms with Gasteiger partial charge in [0, 0.05) is 17.5 Å². The number of aliphatic hydroxyl groups is 1. The first-order valence-electron chi connectivity index (χ1n) is 7.68. The average molecular weight is 412 g/mol. The number of ether oxygens (including phenoxy) is 1. The summed E-state index contributed by atoms with van der Waals surface area (Å²) >= 11 is 13.4. The van der Waals surface area contributed by atoms with E-state index in [1.165, 1.54) is 18.7 Å². The Balaban J connectivity index is 1.59. The second-order valence-corrected chi connectivity index (χ2v) is 7.37. The van der Waals surface area contributed by atoms with Gasteiger partial charge < -0.3 is 9.84 Å². The standard InChI is InChI=1S/C17H15Cl2N3O3S/c1-10(23)11-3-2-4-14(5-11)25-8-13(24)9-26-17-21-20-16-15(19)6-12(18)7-22(16)17/h2-7,13,24H,8-9H2,1H3. The normalized spacial score (nSPS) is 12.3. The summed E-state index contributed by atoms with van der Waals surface area (Å²) in [6.45, 7) is 1.58. The monoisotopic (exact) mass is 411 g/mol. The minimum Gasteiger partial charge on any atom is -0.491 e. The number of carbonyl (C=O) groups excluding carboxylic acids is 1. The Bertz CT molecular complexity index is 948. The third kappa shape index (κ3) is 4.48. The zero-order chi connectivity index (χ0) is 18.7. The fourth-order valence-corrected chi connectivity index (χ4v) is 3.54. The molecule has 3 aromatic rings. The van der Waals surface area contributed by atoms with Crippen LogP contribution in [0.15, 0.2) is 41.7 Å². The van der Waals surface area contributed by atoms with Crippen molar-refractivity contribution in [3.63, 3.8) is 0 Å². The third-order valence-corrected chi connectivity index (χ3v) is 5.06. The van der Waals surface area contributed by atoms with E-state index in [9.17, 15) is 9.90 Å². The maximum Gasteiger partial charge on any atom is 0.195 e. The van der Waals surface area contributed by atoms with Crippen molar-refractivity contribution < 1.29 is 14.6 Å². The molecule has 0 spiro atoms. The van der Waals surface area contributed by atoms with Gasteiger partial charge in [-0.25, -0.2) is 0 Å². The molecule has 1 atom stereocenters. The van der Waals surface area contributed by atoms with Crippen LogP contribution in [0.25, 0.3) is 5.65 Å². The number of fused-ring (bicyclic) bond motifs is 1. The molecule has 1 aromatic carbocycles. The third-order valence-electron chi connectivity index (χ3n) is 3.48. The lowest BCUT2D eigenvalue weighted by Gasteiger charge is -2.12. The largest absolute Gasteiger partial charge is 0.491 e. The van der Waals surface area contributed by atoms with Gasteiger partial charge in [0.1, 0.15) is 12.4 Å². The number of ketones is 1. The number of aromatic nitrogens is 3. The summed E-state index contributed by atoms with van der Waals surface area (Å²) in [5, 5.41) is 19.7. The van der Waals surface area contributed by atoms with Crippen LogP contribution in [-0.2, 0) is 0 Å². The van der Waals surface area contributed by atoms with E-state index in [0.717, 1.165) is 0 Å². The second-order valence-electron chi connectivity index (χ2n) is 5.54. The summed E-state index contributed by atoms with van der Waals surface area (Å²) in [5.41, 5.74) is 1.07. The molecule has 0 amide bonds. The van der Waals surface area contributed by atoms with E-state index < -0.39 is 6.10 Å². The first kappa shape index (κ1) is 19.0. The minimum atomic E-state index is -0.733. The molecule has 0 saturated carbocycles.